The van der Waals surface area contributed by atoms with Crippen LogP contribution in [0.2, 0.25) is 0 Å². The van der Waals surface area contributed by atoms with Crippen LogP contribution in [0.3, 0.4) is 0 Å². The van der Waals surface area contributed by atoms with E-state index < -0.39 is 10.0 Å². The van der Waals surface area contributed by atoms with Crippen LogP contribution in [0.25, 0.3) is 0 Å². The van der Waals surface area contributed by atoms with Gasteiger partial charge in [0.25, 0.3) is 5.91 Å². The third kappa shape index (κ3) is 6.36. The van der Waals surface area contributed by atoms with Gasteiger partial charge in [-0.2, -0.15) is 0 Å². The fraction of sp³-hybridized carbons (Fsp3) is 0.227. The monoisotopic (exact) mass is 456 g/mol. The minimum absolute atomic E-state index is 0.0500. The lowest BCUT2D eigenvalue weighted by molar-refractivity contribution is 0.102. The van der Waals surface area contributed by atoms with Crippen LogP contribution in [0.5, 0.6) is 0 Å². The molecule has 0 saturated heterocycles. The largest absolute Gasteiger partial charge is 0.322 e. The van der Waals surface area contributed by atoms with Crippen LogP contribution in [0.15, 0.2) is 69.5 Å². The molecule has 0 spiro atoms. The second-order valence-corrected chi connectivity index (χ2v) is 10.1. The summed E-state index contributed by atoms with van der Waals surface area (Å²) in [5.41, 5.74) is 2.68. The summed E-state index contributed by atoms with van der Waals surface area (Å²) in [4.78, 5) is 22.4. The van der Waals surface area contributed by atoms with E-state index in [1.807, 2.05) is 32.0 Å². The minimum atomic E-state index is -3.67. The van der Waals surface area contributed by atoms with Crippen LogP contribution < -0.4 is 10.0 Å². The van der Waals surface area contributed by atoms with Crippen molar-refractivity contribution in [3.63, 3.8) is 0 Å². The Bertz CT molecular complexity index is 1170. The van der Waals surface area contributed by atoms with Crippen LogP contribution in [0.4, 0.5) is 5.69 Å². The molecule has 0 radical (unpaired) electrons. The minimum Gasteiger partial charge on any atom is -0.322 e. The molecule has 31 heavy (non-hydrogen) atoms. The highest BCUT2D eigenvalue weighted by Gasteiger charge is 2.17. The predicted octanol–water partition coefficient (Wildman–Crippen LogP) is 4.18. The summed E-state index contributed by atoms with van der Waals surface area (Å²) in [5.74, 6) is -0.389. The average Bonchev–Trinajstić information content (AvgIpc) is 2.68. The van der Waals surface area contributed by atoms with Gasteiger partial charge in [-0.1, -0.05) is 6.07 Å². The maximum Gasteiger partial charge on any atom is 0.255 e. The van der Waals surface area contributed by atoms with Gasteiger partial charge in [-0.05, 0) is 88.0 Å². The number of nitrogens with one attached hydrogen (secondary N) is 2. The molecule has 1 amide bonds. The van der Waals surface area contributed by atoms with Crippen molar-refractivity contribution in [2.24, 2.45) is 0 Å². The maximum absolute atomic E-state index is 12.6. The van der Waals surface area contributed by atoms with Crippen LogP contribution in [0.1, 0.15) is 35.6 Å². The van der Waals surface area contributed by atoms with Crippen molar-refractivity contribution in [1.29, 1.82) is 0 Å². The molecule has 0 atom stereocenters. The van der Waals surface area contributed by atoms with Gasteiger partial charge in [-0.3, -0.25) is 4.79 Å². The van der Waals surface area contributed by atoms with Crippen molar-refractivity contribution >= 4 is 33.4 Å². The Kier molecular flexibility index (Phi) is 7.09. The number of aryl methyl sites for hydroxylation is 2. The zero-order valence-corrected chi connectivity index (χ0v) is 19.3. The predicted molar refractivity (Wildman–Crippen MR) is 122 cm³/mol. The van der Waals surface area contributed by atoms with Gasteiger partial charge >= 0.3 is 0 Å². The van der Waals surface area contributed by atoms with Gasteiger partial charge in [0.15, 0.2) is 5.16 Å². The first kappa shape index (κ1) is 22.9. The maximum atomic E-state index is 12.6. The quantitative estimate of drug-likeness (QED) is 0.517. The molecule has 0 bridgehead atoms. The third-order valence-corrected chi connectivity index (χ3v) is 6.61. The summed E-state index contributed by atoms with van der Waals surface area (Å²) >= 11 is 1.44. The Morgan fingerprint density at radius 1 is 0.968 bits per heavy atom. The van der Waals surface area contributed by atoms with E-state index in [9.17, 15) is 13.2 Å². The van der Waals surface area contributed by atoms with Gasteiger partial charge in [0.2, 0.25) is 10.0 Å². The summed E-state index contributed by atoms with van der Waals surface area (Å²) in [6.45, 7) is 7.33. The highest BCUT2D eigenvalue weighted by molar-refractivity contribution is 7.99. The van der Waals surface area contributed by atoms with Crippen LogP contribution in [-0.2, 0) is 10.0 Å². The van der Waals surface area contributed by atoms with E-state index in [1.54, 1.807) is 38.1 Å². The fourth-order valence-electron chi connectivity index (χ4n) is 2.84. The number of aromatic nitrogens is 2. The summed E-state index contributed by atoms with van der Waals surface area (Å²) in [7, 11) is -3.67. The Hall–Kier alpha value is -2.75. The number of carbonyl (C=O) groups excluding carboxylic acids is 1. The number of hydrogen-bond acceptors (Lipinski definition) is 6. The number of nitrogens with zero attached hydrogens (tertiary/aromatic N) is 2. The van der Waals surface area contributed by atoms with Crippen LogP contribution >= 0.6 is 11.8 Å². The highest BCUT2D eigenvalue weighted by Crippen LogP contribution is 2.26. The molecule has 7 nitrogen and oxygen atoms in total. The second-order valence-electron chi connectivity index (χ2n) is 7.32. The number of benzene rings is 2. The smallest absolute Gasteiger partial charge is 0.255 e. The molecule has 0 saturated carbocycles. The van der Waals surface area contributed by atoms with E-state index in [-0.39, 0.29) is 22.4 Å². The Labute approximate surface area is 186 Å². The van der Waals surface area contributed by atoms with E-state index >= 15 is 0 Å². The molecular weight excluding hydrogens is 432 g/mol. The molecule has 1 aromatic heterocycles. The van der Waals surface area contributed by atoms with Crippen LogP contribution in [-0.4, -0.2) is 30.3 Å². The second kappa shape index (κ2) is 9.59. The number of amides is 1. The van der Waals surface area contributed by atoms with Crippen molar-refractivity contribution in [3.8, 4) is 0 Å². The molecule has 162 valence electrons. The summed E-state index contributed by atoms with van der Waals surface area (Å²) in [5, 5.41) is 3.46. The lowest BCUT2D eigenvalue weighted by atomic mass is 10.2. The topological polar surface area (TPSA) is 101 Å². The Morgan fingerprint density at radius 3 is 2.23 bits per heavy atom. The number of sulfonamides is 1. The molecule has 0 aliphatic heterocycles. The molecule has 0 aliphatic rings. The van der Waals surface area contributed by atoms with E-state index in [1.165, 1.54) is 23.9 Å². The molecule has 3 rings (SSSR count). The van der Waals surface area contributed by atoms with Crippen molar-refractivity contribution in [2.75, 3.05) is 5.32 Å². The van der Waals surface area contributed by atoms with Gasteiger partial charge in [0.05, 0.1) is 4.90 Å². The zero-order chi connectivity index (χ0) is 22.6. The molecule has 0 unspecified atom stereocenters. The Morgan fingerprint density at radius 2 is 1.61 bits per heavy atom. The standard InChI is InChI=1S/C22H24N4O3S2/c1-14(2)26-31(28,29)20-7-5-6-17(13-20)21(27)25-18-8-10-19(11-9-18)30-22-23-15(3)12-16(4)24-22/h5-14,26H,1-4H3,(H,25,27). The van der Waals surface area contributed by atoms with E-state index in [0.29, 0.717) is 10.8 Å². The Balaban J connectivity index is 1.70. The van der Waals surface area contributed by atoms with E-state index in [4.69, 9.17) is 0 Å². The SMILES string of the molecule is Cc1cc(C)nc(Sc2ccc(NC(=O)c3cccc(S(=O)(=O)NC(C)C)c3)cc2)n1. The van der Waals surface area contributed by atoms with Crippen molar-refractivity contribution in [1.82, 2.24) is 14.7 Å². The third-order valence-electron chi connectivity index (χ3n) is 4.08. The lowest BCUT2D eigenvalue weighted by Gasteiger charge is -2.11. The first-order valence-electron chi connectivity index (χ1n) is 9.66. The number of carbonyl (C=O) groups is 1. The first-order valence-corrected chi connectivity index (χ1v) is 12.0. The molecule has 1 heterocycles. The van der Waals surface area contributed by atoms with Gasteiger partial charge in [0.1, 0.15) is 0 Å². The fourth-order valence-corrected chi connectivity index (χ4v) is 5.00. The highest BCUT2D eigenvalue weighted by atomic mass is 32.2. The van der Waals surface area contributed by atoms with Gasteiger partial charge in [0, 0.05) is 33.6 Å². The molecule has 0 fully saturated rings. The number of hydrogen-bond donors (Lipinski definition) is 2. The molecule has 2 N–H and O–H groups in total. The molecule has 0 aliphatic carbocycles. The van der Waals surface area contributed by atoms with Gasteiger partial charge in [-0.15, -0.1) is 0 Å². The van der Waals surface area contributed by atoms with Crippen molar-refractivity contribution in [3.05, 3.63) is 71.5 Å². The molecule has 3 aromatic rings. The van der Waals surface area contributed by atoms with Crippen molar-refractivity contribution < 1.29 is 13.2 Å². The molecular formula is C22H24N4O3S2. The van der Waals surface area contributed by atoms with Crippen molar-refractivity contribution in [2.45, 2.75) is 48.7 Å². The van der Waals surface area contributed by atoms with Crippen LogP contribution in [0, 0.1) is 13.8 Å². The number of rotatable bonds is 7. The van der Waals surface area contributed by atoms with E-state index in [0.717, 1.165) is 16.3 Å². The summed E-state index contributed by atoms with van der Waals surface area (Å²) in [6.07, 6.45) is 0. The molecule has 9 heteroatoms. The lowest BCUT2D eigenvalue weighted by Crippen LogP contribution is -2.30. The summed E-state index contributed by atoms with van der Waals surface area (Å²) in [6, 6.07) is 14.9. The average molecular weight is 457 g/mol. The molecule has 2 aromatic carbocycles. The van der Waals surface area contributed by atoms with Gasteiger partial charge < -0.3 is 5.32 Å². The zero-order valence-electron chi connectivity index (χ0n) is 17.7. The van der Waals surface area contributed by atoms with E-state index in [2.05, 4.69) is 20.0 Å². The normalized spacial score (nSPS) is 11.5. The summed E-state index contributed by atoms with van der Waals surface area (Å²) < 4.78 is 27.2. The number of anilines is 1. The first-order chi connectivity index (χ1) is 14.6. The van der Waals surface area contributed by atoms with Gasteiger partial charge in [-0.25, -0.2) is 23.1 Å².